The lowest BCUT2D eigenvalue weighted by Crippen LogP contribution is -2.38. The number of rotatable bonds is 9. The SMILES string of the molecule is O=[N+]([O-])c1ccccc1S(=O)(=O)N(CCS(=O)(=O)F)CCS(=O)(=O)F. The minimum Gasteiger partial charge on any atom is -0.258 e. The van der Waals surface area contributed by atoms with Gasteiger partial charge in [-0.1, -0.05) is 12.1 Å². The Labute approximate surface area is 142 Å². The summed E-state index contributed by atoms with van der Waals surface area (Å²) in [4.78, 5) is 9.04. The topological polar surface area (TPSA) is 149 Å². The molecular weight excluding hydrogens is 410 g/mol. The smallest absolute Gasteiger partial charge is 0.258 e. The van der Waals surface area contributed by atoms with Crippen LogP contribution in [0.3, 0.4) is 0 Å². The molecule has 0 bridgehead atoms. The summed E-state index contributed by atoms with van der Waals surface area (Å²) in [6, 6.07) is 3.98. The molecule has 142 valence electrons. The summed E-state index contributed by atoms with van der Waals surface area (Å²) in [7, 11) is -15.0. The highest BCUT2D eigenvalue weighted by atomic mass is 32.3. The van der Waals surface area contributed by atoms with Crippen LogP contribution >= 0.6 is 0 Å². The van der Waals surface area contributed by atoms with E-state index in [1.54, 1.807) is 0 Å². The fourth-order valence-corrected chi connectivity index (χ4v) is 4.45. The van der Waals surface area contributed by atoms with Crippen molar-refractivity contribution < 1.29 is 37.9 Å². The molecule has 0 N–H and O–H groups in total. The van der Waals surface area contributed by atoms with Crippen LogP contribution < -0.4 is 0 Å². The van der Waals surface area contributed by atoms with Gasteiger partial charge in [-0.15, -0.1) is 7.77 Å². The molecule has 0 spiro atoms. The van der Waals surface area contributed by atoms with Crippen molar-refractivity contribution in [1.82, 2.24) is 4.31 Å². The molecule has 0 atom stereocenters. The van der Waals surface area contributed by atoms with Crippen molar-refractivity contribution in [2.75, 3.05) is 24.6 Å². The summed E-state index contributed by atoms with van der Waals surface area (Å²) in [6.07, 6.45) is 0. The van der Waals surface area contributed by atoms with Gasteiger partial charge < -0.3 is 0 Å². The first-order valence-electron chi connectivity index (χ1n) is 6.32. The van der Waals surface area contributed by atoms with Gasteiger partial charge in [0, 0.05) is 19.2 Å². The predicted molar refractivity (Wildman–Crippen MR) is 81.6 cm³/mol. The third-order valence-corrected chi connectivity index (χ3v) is 6.14. The third kappa shape index (κ3) is 6.60. The number of sulfonamides is 1. The lowest BCUT2D eigenvalue weighted by Gasteiger charge is -2.20. The zero-order valence-electron chi connectivity index (χ0n) is 12.3. The Hall–Kier alpha value is -1.71. The van der Waals surface area contributed by atoms with Crippen LogP contribution in [0.25, 0.3) is 0 Å². The first-order chi connectivity index (χ1) is 11.2. The van der Waals surface area contributed by atoms with Gasteiger partial charge in [0.1, 0.15) is 0 Å². The van der Waals surface area contributed by atoms with E-state index in [4.69, 9.17) is 0 Å². The van der Waals surface area contributed by atoms with Crippen molar-refractivity contribution in [3.05, 3.63) is 34.4 Å². The number of hydrogen-bond donors (Lipinski definition) is 0. The Bertz CT molecular complexity index is 924. The summed E-state index contributed by atoms with van der Waals surface area (Å²) in [5, 5.41) is 10.9. The van der Waals surface area contributed by atoms with Crippen molar-refractivity contribution >= 4 is 36.2 Å². The van der Waals surface area contributed by atoms with E-state index in [1.165, 1.54) is 6.07 Å². The van der Waals surface area contributed by atoms with Gasteiger partial charge in [0.05, 0.1) is 16.4 Å². The van der Waals surface area contributed by atoms with Gasteiger partial charge in [-0.05, 0) is 6.07 Å². The number of hydrogen-bond acceptors (Lipinski definition) is 8. The molecule has 0 heterocycles. The van der Waals surface area contributed by atoms with Crippen LogP contribution in [-0.2, 0) is 30.5 Å². The summed E-state index contributed by atoms with van der Waals surface area (Å²) < 4.78 is 92.8. The Morgan fingerprint density at radius 1 is 0.920 bits per heavy atom. The van der Waals surface area contributed by atoms with E-state index < -0.39 is 70.6 Å². The van der Waals surface area contributed by atoms with Gasteiger partial charge in [0.15, 0.2) is 4.90 Å². The van der Waals surface area contributed by atoms with Crippen LogP contribution in [0, 0.1) is 10.1 Å². The van der Waals surface area contributed by atoms with E-state index >= 15 is 0 Å². The van der Waals surface area contributed by atoms with Crippen LogP contribution in [0.4, 0.5) is 13.5 Å². The summed E-state index contributed by atoms with van der Waals surface area (Å²) in [6.45, 7) is -2.11. The highest BCUT2D eigenvalue weighted by Gasteiger charge is 2.32. The number of para-hydroxylation sites is 1. The molecule has 0 fully saturated rings. The zero-order chi connectivity index (χ0) is 19.5. The Kier molecular flexibility index (Phi) is 6.55. The van der Waals surface area contributed by atoms with E-state index in [9.17, 15) is 43.1 Å². The van der Waals surface area contributed by atoms with Crippen LogP contribution in [0.5, 0.6) is 0 Å². The molecule has 0 aromatic heterocycles. The van der Waals surface area contributed by atoms with Crippen molar-refractivity contribution in [1.29, 1.82) is 0 Å². The van der Waals surface area contributed by atoms with E-state index in [-0.39, 0.29) is 4.31 Å². The molecule has 1 rings (SSSR count). The maximum atomic E-state index is 12.7. The average Bonchev–Trinajstić information content (AvgIpc) is 2.44. The predicted octanol–water partition coefficient (Wildman–Crippen LogP) is 0.184. The van der Waals surface area contributed by atoms with Gasteiger partial charge in [0.25, 0.3) is 5.69 Å². The van der Waals surface area contributed by atoms with E-state index in [0.29, 0.717) is 0 Å². The Morgan fingerprint density at radius 2 is 1.36 bits per heavy atom. The molecule has 0 aliphatic carbocycles. The number of halogens is 2. The molecule has 0 saturated carbocycles. The minimum atomic E-state index is -5.13. The molecule has 0 unspecified atom stereocenters. The largest absolute Gasteiger partial charge is 0.303 e. The second-order valence-electron chi connectivity index (χ2n) is 4.61. The third-order valence-electron chi connectivity index (χ3n) is 2.85. The summed E-state index contributed by atoms with van der Waals surface area (Å²) >= 11 is 0. The van der Waals surface area contributed by atoms with Crippen LogP contribution in [0.2, 0.25) is 0 Å². The summed E-state index contributed by atoms with van der Waals surface area (Å²) in [5.41, 5.74) is -0.862. The summed E-state index contributed by atoms with van der Waals surface area (Å²) in [5.74, 6) is -2.67. The van der Waals surface area contributed by atoms with Crippen LogP contribution in [-0.4, -0.2) is 59.1 Å². The number of nitrogens with zero attached hydrogens (tertiary/aromatic N) is 2. The van der Waals surface area contributed by atoms with Crippen molar-refractivity contribution in [3.63, 3.8) is 0 Å². The highest BCUT2D eigenvalue weighted by molar-refractivity contribution is 7.89. The Morgan fingerprint density at radius 3 is 1.76 bits per heavy atom. The first kappa shape index (κ1) is 21.3. The van der Waals surface area contributed by atoms with Crippen molar-refractivity contribution in [2.45, 2.75) is 4.90 Å². The molecule has 0 aliphatic rings. The first-order valence-corrected chi connectivity index (χ1v) is 10.9. The molecule has 10 nitrogen and oxygen atoms in total. The molecular formula is C10H12F2N2O8S3. The molecule has 25 heavy (non-hydrogen) atoms. The molecule has 0 aliphatic heterocycles. The molecule has 0 saturated heterocycles. The normalized spacial score (nSPS) is 13.1. The minimum absolute atomic E-state index is 0.156. The van der Waals surface area contributed by atoms with Gasteiger partial charge in [-0.25, -0.2) is 8.42 Å². The second-order valence-corrected chi connectivity index (χ2v) is 9.49. The number of nitro groups is 1. The monoisotopic (exact) mass is 422 g/mol. The lowest BCUT2D eigenvalue weighted by atomic mass is 10.3. The number of benzene rings is 1. The fraction of sp³-hybridized carbons (Fsp3) is 0.400. The molecule has 1 aromatic carbocycles. The Balaban J connectivity index is 3.33. The fourth-order valence-electron chi connectivity index (χ4n) is 1.74. The van der Waals surface area contributed by atoms with E-state index in [2.05, 4.69) is 0 Å². The van der Waals surface area contributed by atoms with Crippen LogP contribution in [0.15, 0.2) is 29.2 Å². The van der Waals surface area contributed by atoms with Gasteiger partial charge in [0.2, 0.25) is 10.0 Å². The molecule has 0 amide bonds. The van der Waals surface area contributed by atoms with Crippen LogP contribution in [0.1, 0.15) is 0 Å². The van der Waals surface area contributed by atoms with Gasteiger partial charge >= 0.3 is 20.4 Å². The standard InChI is InChI=1S/C10H12F2N2O8S3/c11-23(17,18)7-5-13(6-8-24(12,19)20)25(21,22)10-4-2-1-3-9(10)14(15)16/h1-4H,5-8H2. The van der Waals surface area contributed by atoms with E-state index in [0.717, 1.165) is 18.2 Å². The second kappa shape index (κ2) is 7.67. The van der Waals surface area contributed by atoms with Gasteiger partial charge in [-0.3, -0.25) is 10.1 Å². The average molecular weight is 422 g/mol. The molecule has 1 aromatic rings. The van der Waals surface area contributed by atoms with Crippen molar-refractivity contribution in [3.8, 4) is 0 Å². The van der Waals surface area contributed by atoms with Gasteiger partial charge in [-0.2, -0.15) is 21.1 Å². The zero-order valence-corrected chi connectivity index (χ0v) is 14.7. The molecule has 15 heteroatoms. The quantitative estimate of drug-likeness (QED) is 0.311. The van der Waals surface area contributed by atoms with Crippen molar-refractivity contribution in [2.24, 2.45) is 0 Å². The number of nitro benzene ring substituents is 1. The van der Waals surface area contributed by atoms with E-state index in [1.807, 2.05) is 0 Å². The maximum absolute atomic E-state index is 12.7. The maximum Gasteiger partial charge on any atom is 0.303 e. The molecule has 0 radical (unpaired) electrons. The highest BCUT2D eigenvalue weighted by Crippen LogP contribution is 2.26. The lowest BCUT2D eigenvalue weighted by molar-refractivity contribution is -0.387.